The molecule has 2 heterocycles. The number of carboxylic acids is 1. The SMILES string of the molecule is O=C([O-])[C@@H]1C[C@@H](O)CN1S(=O)(=O)c1cccs1. The molecule has 94 valence electrons. The number of aliphatic hydroxyl groups is 1. The lowest BCUT2D eigenvalue weighted by Crippen LogP contribution is -2.46. The lowest BCUT2D eigenvalue weighted by atomic mass is 10.2. The zero-order chi connectivity index (χ0) is 12.6. The van der Waals surface area contributed by atoms with Crippen molar-refractivity contribution in [3.05, 3.63) is 17.5 Å². The minimum absolute atomic E-state index is 0.0675. The van der Waals surface area contributed by atoms with Crippen molar-refractivity contribution in [2.24, 2.45) is 0 Å². The molecule has 6 nitrogen and oxygen atoms in total. The predicted octanol–water partition coefficient (Wildman–Crippen LogP) is -1.38. The van der Waals surface area contributed by atoms with Gasteiger partial charge in [0.2, 0.25) is 0 Å². The van der Waals surface area contributed by atoms with Crippen molar-refractivity contribution in [1.82, 2.24) is 4.31 Å². The van der Waals surface area contributed by atoms with Crippen LogP contribution < -0.4 is 5.11 Å². The van der Waals surface area contributed by atoms with Gasteiger partial charge in [0.1, 0.15) is 4.21 Å². The topological polar surface area (TPSA) is 97.7 Å². The molecule has 0 bridgehead atoms. The molecule has 0 saturated carbocycles. The summed E-state index contributed by atoms with van der Waals surface area (Å²) in [5.74, 6) is -1.48. The molecule has 1 aliphatic rings. The molecule has 1 aliphatic heterocycles. The molecular formula is C9H10NO5S2-. The number of carboxylic acid groups (broad SMARTS) is 1. The molecule has 1 aromatic rings. The zero-order valence-corrected chi connectivity index (χ0v) is 10.3. The van der Waals surface area contributed by atoms with Gasteiger partial charge in [-0.3, -0.25) is 0 Å². The van der Waals surface area contributed by atoms with E-state index in [1.165, 1.54) is 6.07 Å². The number of β-amino-alcohol motifs (C(OH)–C–C–N with tert-alkyl or cyclic N) is 1. The third kappa shape index (κ3) is 2.21. The number of nitrogens with zero attached hydrogens (tertiary/aromatic N) is 1. The average Bonchev–Trinajstić information content (AvgIpc) is 2.84. The molecule has 17 heavy (non-hydrogen) atoms. The lowest BCUT2D eigenvalue weighted by molar-refractivity contribution is -0.309. The largest absolute Gasteiger partial charge is 0.548 e. The maximum atomic E-state index is 12.1. The number of sulfonamides is 1. The van der Waals surface area contributed by atoms with Crippen LogP contribution in [0, 0.1) is 0 Å². The van der Waals surface area contributed by atoms with Crippen LogP contribution in [-0.4, -0.2) is 42.5 Å². The summed E-state index contributed by atoms with van der Waals surface area (Å²) < 4.78 is 25.0. The van der Waals surface area contributed by atoms with Gasteiger partial charge in [-0.25, -0.2) is 8.42 Å². The first kappa shape index (κ1) is 12.5. The summed E-state index contributed by atoms with van der Waals surface area (Å²) in [4.78, 5) is 10.8. The molecule has 0 unspecified atom stereocenters. The van der Waals surface area contributed by atoms with Crippen molar-refractivity contribution in [3.8, 4) is 0 Å². The third-order valence-electron chi connectivity index (χ3n) is 2.56. The number of thiophene rings is 1. The molecule has 1 saturated heterocycles. The first-order valence-corrected chi connectivity index (χ1v) is 7.19. The first-order chi connectivity index (χ1) is 7.93. The Hall–Kier alpha value is -0.960. The minimum atomic E-state index is -3.85. The molecule has 0 radical (unpaired) electrons. The van der Waals surface area contributed by atoms with Crippen LogP contribution in [0.5, 0.6) is 0 Å². The maximum Gasteiger partial charge on any atom is 0.253 e. The van der Waals surface area contributed by atoms with Crippen LogP contribution in [0.25, 0.3) is 0 Å². The van der Waals surface area contributed by atoms with Gasteiger partial charge < -0.3 is 15.0 Å². The van der Waals surface area contributed by atoms with Crippen LogP contribution in [0.4, 0.5) is 0 Å². The van der Waals surface area contributed by atoms with Crippen molar-refractivity contribution in [3.63, 3.8) is 0 Å². The van der Waals surface area contributed by atoms with E-state index in [1.807, 2.05) is 0 Å². The van der Waals surface area contributed by atoms with Gasteiger partial charge in [-0.05, 0) is 17.9 Å². The van der Waals surface area contributed by atoms with Crippen LogP contribution >= 0.6 is 11.3 Å². The van der Waals surface area contributed by atoms with Crippen LogP contribution in [0.15, 0.2) is 21.7 Å². The van der Waals surface area contributed by atoms with Gasteiger partial charge in [-0.15, -0.1) is 11.3 Å². The summed E-state index contributed by atoms with van der Waals surface area (Å²) in [5, 5.41) is 21.8. The van der Waals surface area contributed by atoms with E-state index in [0.29, 0.717) is 0 Å². The Morgan fingerprint density at radius 2 is 2.29 bits per heavy atom. The van der Waals surface area contributed by atoms with E-state index < -0.39 is 28.1 Å². The quantitative estimate of drug-likeness (QED) is 0.734. The van der Waals surface area contributed by atoms with E-state index in [4.69, 9.17) is 0 Å². The van der Waals surface area contributed by atoms with Gasteiger partial charge >= 0.3 is 0 Å². The number of carbonyl (C=O) groups excluding carboxylic acids is 1. The van der Waals surface area contributed by atoms with E-state index in [0.717, 1.165) is 15.6 Å². The highest BCUT2D eigenvalue weighted by molar-refractivity contribution is 7.91. The van der Waals surface area contributed by atoms with Gasteiger partial charge in [-0.2, -0.15) is 4.31 Å². The Morgan fingerprint density at radius 1 is 1.59 bits per heavy atom. The molecule has 0 aromatic carbocycles. The van der Waals surface area contributed by atoms with Crippen molar-refractivity contribution >= 4 is 27.3 Å². The normalized spacial score (nSPS) is 26.2. The zero-order valence-electron chi connectivity index (χ0n) is 8.64. The molecular weight excluding hydrogens is 266 g/mol. The summed E-state index contributed by atoms with van der Waals surface area (Å²) in [6, 6.07) is 1.67. The number of carbonyl (C=O) groups is 1. The number of aliphatic hydroxyl groups excluding tert-OH is 1. The third-order valence-corrected chi connectivity index (χ3v) is 5.81. The molecule has 1 fully saturated rings. The summed E-state index contributed by atoms with van der Waals surface area (Å²) in [6.07, 6.45) is -1.10. The second-order valence-corrected chi connectivity index (χ2v) is 6.80. The second-order valence-electron chi connectivity index (χ2n) is 3.73. The van der Waals surface area contributed by atoms with Gasteiger partial charge in [0.15, 0.2) is 0 Å². The first-order valence-electron chi connectivity index (χ1n) is 4.87. The summed E-state index contributed by atoms with van der Waals surface area (Å²) >= 11 is 1.01. The van der Waals surface area contributed by atoms with E-state index in [9.17, 15) is 23.4 Å². The van der Waals surface area contributed by atoms with Gasteiger partial charge in [0.25, 0.3) is 10.0 Å². The van der Waals surface area contributed by atoms with Gasteiger partial charge in [0.05, 0.1) is 18.1 Å². The van der Waals surface area contributed by atoms with Crippen molar-refractivity contribution < 1.29 is 23.4 Å². The fraction of sp³-hybridized carbons (Fsp3) is 0.444. The maximum absolute atomic E-state index is 12.1. The lowest BCUT2D eigenvalue weighted by Gasteiger charge is -2.23. The van der Waals surface area contributed by atoms with E-state index in [2.05, 4.69) is 0 Å². The molecule has 0 spiro atoms. The van der Waals surface area contributed by atoms with Crippen molar-refractivity contribution in [1.29, 1.82) is 0 Å². The summed E-state index contributed by atoms with van der Waals surface area (Å²) in [5.41, 5.74) is 0. The highest BCUT2D eigenvalue weighted by atomic mass is 32.2. The highest BCUT2D eigenvalue weighted by Gasteiger charge is 2.40. The summed E-state index contributed by atoms with van der Waals surface area (Å²) in [6.45, 7) is -0.209. The number of aliphatic carboxylic acids is 1. The van der Waals surface area contributed by atoms with Gasteiger partial charge in [-0.1, -0.05) is 6.07 Å². The molecule has 0 amide bonds. The Balaban J connectivity index is 2.36. The Kier molecular flexibility index (Phi) is 3.21. The molecule has 8 heteroatoms. The molecule has 1 aromatic heterocycles. The predicted molar refractivity (Wildman–Crippen MR) is 57.6 cm³/mol. The Bertz CT molecular complexity index is 509. The fourth-order valence-electron chi connectivity index (χ4n) is 1.79. The average molecular weight is 276 g/mol. The van der Waals surface area contributed by atoms with Gasteiger partial charge in [0, 0.05) is 6.54 Å². The highest BCUT2D eigenvalue weighted by Crippen LogP contribution is 2.28. The standard InChI is InChI=1S/C9H11NO5S2/c11-6-4-7(9(12)13)10(5-6)17(14,15)8-2-1-3-16-8/h1-3,6-7,11H,4-5H2,(H,12,13)/p-1/t6-,7+/m1/s1. The molecule has 1 N–H and O–H groups in total. The van der Waals surface area contributed by atoms with Crippen LogP contribution in [0.2, 0.25) is 0 Å². The molecule has 0 aliphatic carbocycles. The van der Waals surface area contributed by atoms with Crippen LogP contribution in [-0.2, 0) is 14.8 Å². The van der Waals surface area contributed by atoms with Crippen LogP contribution in [0.3, 0.4) is 0 Å². The van der Waals surface area contributed by atoms with Crippen molar-refractivity contribution in [2.45, 2.75) is 22.8 Å². The summed E-state index contributed by atoms with van der Waals surface area (Å²) in [7, 11) is -3.85. The number of rotatable bonds is 3. The monoisotopic (exact) mass is 276 g/mol. The Labute approximate surface area is 102 Å². The van der Waals surface area contributed by atoms with Crippen LogP contribution in [0.1, 0.15) is 6.42 Å². The van der Waals surface area contributed by atoms with Crippen molar-refractivity contribution in [2.75, 3.05) is 6.54 Å². The smallest absolute Gasteiger partial charge is 0.253 e. The molecule has 2 rings (SSSR count). The second kappa shape index (κ2) is 4.37. The van der Waals surface area contributed by atoms with E-state index in [-0.39, 0.29) is 17.2 Å². The molecule has 2 atom stereocenters. The Morgan fingerprint density at radius 3 is 2.82 bits per heavy atom. The van der Waals surface area contributed by atoms with E-state index >= 15 is 0 Å². The number of hydrogen-bond acceptors (Lipinski definition) is 6. The minimum Gasteiger partial charge on any atom is -0.548 e. The number of hydrogen-bond donors (Lipinski definition) is 1. The fourth-order valence-corrected chi connectivity index (χ4v) is 4.54. The van der Waals surface area contributed by atoms with E-state index in [1.54, 1.807) is 11.4 Å².